The molecule has 2 aliphatic heterocycles. The van der Waals surface area contributed by atoms with Gasteiger partial charge in [0.1, 0.15) is 6.04 Å². The maximum atomic E-state index is 13.1. The summed E-state index contributed by atoms with van der Waals surface area (Å²) < 4.78 is 7.15. The van der Waals surface area contributed by atoms with Crippen molar-refractivity contribution in [1.29, 1.82) is 0 Å². The Bertz CT molecular complexity index is 729. The van der Waals surface area contributed by atoms with E-state index < -0.39 is 11.5 Å². The van der Waals surface area contributed by atoms with E-state index in [1.165, 1.54) is 4.68 Å². The second kappa shape index (κ2) is 8.21. The Morgan fingerprint density at radius 3 is 2.54 bits per heavy atom. The van der Waals surface area contributed by atoms with Crippen LogP contribution in [0.4, 0.5) is 4.79 Å². The smallest absolute Gasteiger partial charge is 0.342 e. The SMILES string of the molecule is CNC(=O)C(NC(=O)n1nc(C2CCN(C)CC2)c2c1CCOC2)C(C)(C)C. The summed E-state index contributed by atoms with van der Waals surface area (Å²) in [6.45, 7) is 8.94. The molecule has 1 aromatic heterocycles. The topological polar surface area (TPSA) is 88.5 Å². The van der Waals surface area contributed by atoms with E-state index in [1.807, 2.05) is 20.8 Å². The van der Waals surface area contributed by atoms with Crippen molar-refractivity contribution in [2.75, 3.05) is 33.8 Å². The molecule has 1 unspecified atom stereocenters. The van der Waals surface area contributed by atoms with Crippen LogP contribution < -0.4 is 10.6 Å². The number of ether oxygens (including phenoxy) is 1. The highest BCUT2D eigenvalue weighted by Crippen LogP contribution is 2.33. The molecule has 0 saturated carbocycles. The number of likely N-dealkylation sites (N-methyl/N-ethyl adjacent to an activating group) is 1. The molecule has 0 bridgehead atoms. The third-order valence-corrected chi connectivity index (χ3v) is 5.79. The molecule has 2 N–H and O–H groups in total. The van der Waals surface area contributed by atoms with Crippen LogP contribution in [-0.2, 0) is 22.6 Å². The number of hydrogen-bond acceptors (Lipinski definition) is 5. The fourth-order valence-electron chi connectivity index (χ4n) is 4.04. The molecule has 8 heteroatoms. The van der Waals surface area contributed by atoms with E-state index >= 15 is 0 Å². The Morgan fingerprint density at radius 2 is 1.93 bits per heavy atom. The fourth-order valence-corrected chi connectivity index (χ4v) is 4.04. The summed E-state index contributed by atoms with van der Waals surface area (Å²) in [4.78, 5) is 27.7. The minimum absolute atomic E-state index is 0.208. The normalized spacial score (nSPS) is 19.8. The zero-order chi connectivity index (χ0) is 20.5. The standard InChI is InChI=1S/C20H33N5O3/c1-20(2,3)17(18(26)21-4)22-19(27)25-15-8-11-28-12-14(15)16(23-25)13-6-9-24(5)10-7-13/h13,17H,6-12H2,1-5H3,(H,21,26)(H,22,27). The first-order valence-electron chi connectivity index (χ1n) is 10.1. The molecule has 1 saturated heterocycles. The van der Waals surface area contributed by atoms with Crippen molar-refractivity contribution in [2.24, 2.45) is 5.41 Å². The Hall–Kier alpha value is -1.93. The quantitative estimate of drug-likeness (QED) is 0.815. The first-order chi connectivity index (χ1) is 13.2. The van der Waals surface area contributed by atoms with Gasteiger partial charge in [0.2, 0.25) is 5.91 Å². The molecule has 0 aliphatic carbocycles. The third-order valence-electron chi connectivity index (χ3n) is 5.79. The molecule has 1 aromatic rings. The maximum absolute atomic E-state index is 13.1. The van der Waals surface area contributed by atoms with Crippen molar-refractivity contribution in [3.63, 3.8) is 0 Å². The Kier molecular flexibility index (Phi) is 6.09. The summed E-state index contributed by atoms with van der Waals surface area (Å²) in [5.74, 6) is 0.138. The molecule has 2 amide bonds. The number of nitrogens with one attached hydrogen (secondary N) is 2. The summed E-state index contributed by atoms with van der Waals surface area (Å²) in [6, 6.07) is -0.989. The van der Waals surface area contributed by atoms with Crippen molar-refractivity contribution in [1.82, 2.24) is 25.3 Å². The van der Waals surface area contributed by atoms with Crippen LogP contribution in [0.3, 0.4) is 0 Å². The molecule has 28 heavy (non-hydrogen) atoms. The monoisotopic (exact) mass is 391 g/mol. The molecule has 8 nitrogen and oxygen atoms in total. The van der Waals surface area contributed by atoms with Crippen LogP contribution >= 0.6 is 0 Å². The predicted octanol–water partition coefficient (Wildman–Crippen LogP) is 1.48. The molecule has 0 radical (unpaired) electrons. The lowest BCUT2D eigenvalue weighted by Crippen LogP contribution is -2.54. The highest BCUT2D eigenvalue weighted by atomic mass is 16.5. The molecular formula is C20H33N5O3. The minimum Gasteiger partial charge on any atom is -0.376 e. The summed E-state index contributed by atoms with van der Waals surface area (Å²) >= 11 is 0. The second-order valence-corrected chi connectivity index (χ2v) is 8.97. The van der Waals surface area contributed by atoms with Gasteiger partial charge < -0.3 is 20.3 Å². The number of likely N-dealkylation sites (tertiary alicyclic amines) is 1. The lowest BCUT2D eigenvalue weighted by Gasteiger charge is -2.29. The number of nitrogens with zero attached hydrogens (tertiary/aromatic N) is 3. The van der Waals surface area contributed by atoms with Crippen LogP contribution in [0.1, 0.15) is 56.5 Å². The van der Waals surface area contributed by atoms with Gasteiger partial charge in [-0.1, -0.05) is 20.8 Å². The van der Waals surface area contributed by atoms with Crippen LogP contribution in [0.25, 0.3) is 0 Å². The van der Waals surface area contributed by atoms with E-state index in [4.69, 9.17) is 9.84 Å². The van der Waals surface area contributed by atoms with Crippen molar-refractivity contribution in [3.8, 4) is 0 Å². The zero-order valence-electron chi connectivity index (χ0n) is 17.7. The number of carbonyl (C=O) groups is 2. The Balaban J connectivity index is 1.89. The minimum atomic E-state index is -0.642. The lowest BCUT2D eigenvalue weighted by molar-refractivity contribution is -0.124. The molecule has 156 valence electrons. The molecule has 0 aromatic carbocycles. The van der Waals surface area contributed by atoms with E-state index in [1.54, 1.807) is 7.05 Å². The number of amides is 2. The van der Waals surface area contributed by atoms with E-state index in [-0.39, 0.29) is 11.9 Å². The van der Waals surface area contributed by atoms with Gasteiger partial charge in [-0.3, -0.25) is 4.79 Å². The Morgan fingerprint density at radius 1 is 1.25 bits per heavy atom. The summed E-state index contributed by atoms with van der Waals surface area (Å²) in [6.07, 6.45) is 2.72. The van der Waals surface area contributed by atoms with Gasteiger partial charge in [0.15, 0.2) is 0 Å². The van der Waals surface area contributed by atoms with Gasteiger partial charge in [-0.05, 0) is 38.4 Å². The van der Waals surface area contributed by atoms with Crippen LogP contribution in [0.5, 0.6) is 0 Å². The van der Waals surface area contributed by atoms with Gasteiger partial charge in [-0.2, -0.15) is 9.78 Å². The summed E-state index contributed by atoms with van der Waals surface area (Å²) in [5, 5.41) is 10.3. The van der Waals surface area contributed by atoms with Crippen LogP contribution in [-0.4, -0.2) is 66.5 Å². The average molecular weight is 392 g/mol. The van der Waals surface area contributed by atoms with E-state index in [0.717, 1.165) is 42.9 Å². The number of hydrogen-bond donors (Lipinski definition) is 2. The number of rotatable bonds is 3. The number of carbonyl (C=O) groups excluding carboxylic acids is 2. The summed E-state index contributed by atoms with van der Waals surface area (Å²) in [5.41, 5.74) is 2.55. The van der Waals surface area contributed by atoms with E-state index in [0.29, 0.717) is 25.6 Å². The van der Waals surface area contributed by atoms with Crippen molar-refractivity contribution in [2.45, 2.75) is 58.6 Å². The van der Waals surface area contributed by atoms with Gasteiger partial charge in [0, 0.05) is 24.9 Å². The first-order valence-corrected chi connectivity index (χ1v) is 10.1. The van der Waals surface area contributed by atoms with Crippen molar-refractivity contribution >= 4 is 11.9 Å². The van der Waals surface area contributed by atoms with Crippen LogP contribution in [0, 0.1) is 5.41 Å². The molecule has 1 atom stereocenters. The van der Waals surface area contributed by atoms with Crippen LogP contribution in [0.15, 0.2) is 0 Å². The van der Waals surface area contributed by atoms with Crippen molar-refractivity contribution < 1.29 is 14.3 Å². The molecule has 3 heterocycles. The van der Waals surface area contributed by atoms with Gasteiger partial charge in [0.25, 0.3) is 0 Å². The zero-order valence-corrected chi connectivity index (χ0v) is 17.7. The number of piperidine rings is 1. The van der Waals surface area contributed by atoms with E-state index in [9.17, 15) is 9.59 Å². The lowest BCUT2D eigenvalue weighted by atomic mass is 9.86. The maximum Gasteiger partial charge on any atom is 0.342 e. The van der Waals surface area contributed by atoms with Gasteiger partial charge >= 0.3 is 6.03 Å². The largest absolute Gasteiger partial charge is 0.376 e. The predicted molar refractivity (Wildman–Crippen MR) is 106 cm³/mol. The summed E-state index contributed by atoms with van der Waals surface area (Å²) in [7, 11) is 3.71. The molecule has 0 spiro atoms. The number of fused-ring (bicyclic) bond motifs is 1. The Labute approximate surface area is 167 Å². The van der Waals surface area contributed by atoms with Crippen molar-refractivity contribution in [3.05, 3.63) is 17.0 Å². The van der Waals surface area contributed by atoms with Crippen LogP contribution in [0.2, 0.25) is 0 Å². The van der Waals surface area contributed by atoms with E-state index in [2.05, 4.69) is 22.6 Å². The third kappa shape index (κ3) is 4.22. The van der Waals surface area contributed by atoms with Gasteiger partial charge in [-0.25, -0.2) is 4.79 Å². The first kappa shape index (κ1) is 20.8. The van der Waals surface area contributed by atoms with Gasteiger partial charge in [0.05, 0.1) is 24.6 Å². The second-order valence-electron chi connectivity index (χ2n) is 8.97. The fraction of sp³-hybridized carbons (Fsp3) is 0.750. The molecule has 3 rings (SSSR count). The van der Waals surface area contributed by atoms with Gasteiger partial charge in [-0.15, -0.1) is 0 Å². The highest BCUT2D eigenvalue weighted by molar-refractivity contribution is 5.88. The molecular weight excluding hydrogens is 358 g/mol. The highest BCUT2D eigenvalue weighted by Gasteiger charge is 2.35. The molecule has 1 fully saturated rings. The number of aromatic nitrogens is 2. The average Bonchev–Trinajstić information content (AvgIpc) is 3.05. The molecule has 2 aliphatic rings.